The molecule has 312 valence electrons. The molecule has 10 rings (SSSR count). The number of thiophene rings is 1. The SMILES string of the molecule is Cc1sc2c(c1C)C(c1ccc(C3CCN(CC4(O)CCN(c5ccccc5)CC4)CC3)cc1)=N[C@@H](C)c1nnc(C)n1-2.Oc1ccc2c(c1)CCCC2.c1ccccc1. The third-order valence-corrected chi connectivity index (χ3v) is 14.1. The first-order valence-electron chi connectivity index (χ1n) is 21.9. The highest BCUT2D eigenvalue weighted by molar-refractivity contribution is 7.15. The molecule has 3 aliphatic heterocycles. The van der Waals surface area contributed by atoms with Crippen molar-refractivity contribution in [2.45, 2.75) is 96.6 Å². The molecule has 0 spiro atoms. The molecule has 60 heavy (non-hydrogen) atoms. The van der Waals surface area contributed by atoms with Crippen molar-refractivity contribution < 1.29 is 10.2 Å². The average Bonchev–Trinajstić information content (AvgIpc) is 3.77. The van der Waals surface area contributed by atoms with Crippen molar-refractivity contribution in [1.82, 2.24) is 19.7 Å². The van der Waals surface area contributed by atoms with Crippen molar-refractivity contribution >= 4 is 22.7 Å². The van der Waals surface area contributed by atoms with E-state index in [0.29, 0.717) is 11.7 Å². The third kappa shape index (κ3) is 9.44. The summed E-state index contributed by atoms with van der Waals surface area (Å²) in [5.41, 5.74) is 9.57. The van der Waals surface area contributed by atoms with Crippen molar-refractivity contribution in [1.29, 1.82) is 0 Å². The van der Waals surface area contributed by atoms with E-state index in [0.717, 1.165) is 87.8 Å². The van der Waals surface area contributed by atoms with Gasteiger partial charge in [-0.2, -0.15) is 0 Å². The number of fused-ring (bicyclic) bond motifs is 4. The Kier molecular flexibility index (Phi) is 13.0. The molecule has 6 aromatic rings. The van der Waals surface area contributed by atoms with Crippen molar-refractivity contribution in [3.05, 3.63) is 159 Å². The van der Waals surface area contributed by atoms with Crippen LogP contribution < -0.4 is 4.90 Å². The zero-order valence-corrected chi connectivity index (χ0v) is 36.5. The van der Waals surface area contributed by atoms with Crippen molar-refractivity contribution in [2.75, 3.05) is 37.6 Å². The molecular formula is C51H60N6O2S. The molecule has 5 heterocycles. The predicted molar refractivity (Wildman–Crippen MR) is 246 cm³/mol. The Morgan fingerprint density at radius 1 is 0.750 bits per heavy atom. The molecule has 2 N–H and O–H groups in total. The molecule has 0 amide bonds. The van der Waals surface area contributed by atoms with Crippen LogP contribution in [-0.4, -0.2) is 73.9 Å². The van der Waals surface area contributed by atoms with Gasteiger partial charge >= 0.3 is 0 Å². The fraction of sp³-hybridized carbons (Fsp3) is 0.392. The summed E-state index contributed by atoms with van der Waals surface area (Å²) in [6.07, 6.45) is 8.82. The monoisotopic (exact) mass is 820 g/mol. The van der Waals surface area contributed by atoms with Gasteiger partial charge in [0.25, 0.3) is 0 Å². The number of aliphatic imine (C=N–C) groups is 1. The number of phenols is 1. The fourth-order valence-corrected chi connectivity index (χ4v) is 10.5. The van der Waals surface area contributed by atoms with Crippen LogP contribution in [0.3, 0.4) is 0 Å². The molecule has 2 fully saturated rings. The highest BCUT2D eigenvalue weighted by Gasteiger charge is 2.36. The summed E-state index contributed by atoms with van der Waals surface area (Å²) in [6.45, 7) is 13.2. The maximum absolute atomic E-state index is 11.4. The van der Waals surface area contributed by atoms with Gasteiger partial charge in [-0.3, -0.25) is 9.56 Å². The number of anilines is 1. The summed E-state index contributed by atoms with van der Waals surface area (Å²) in [7, 11) is 0. The lowest BCUT2D eigenvalue weighted by Gasteiger charge is -2.43. The largest absolute Gasteiger partial charge is 0.508 e. The van der Waals surface area contributed by atoms with Crippen LogP contribution in [0.2, 0.25) is 0 Å². The Morgan fingerprint density at radius 3 is 2.05 bits per heavy atom. The van der Waals surface area contributed by atoms with E-state index in [4.69, 9.17) is 4.99 Å². The first-order chi connectivity index (χ1) is 29.2. The summed E-state index contributed by atoms with van der Waals surface area (Å²) in [4.78, 5) is 11.4. The number of β-amino-alcohol motifs (C(OH)–C–C–N with tert-alkyl or cyclic N) is 1. The third-order valence-electron chi connectivity index (χ3n) is 12.9. The van der Waals surface area contributed by atoms with Crippen molar-refractivity contribution in [2.24, 2.45) is 4.99 Å². The molecule has 4 aliphatic rings. The Hall–Kier alpha value is -5.09. The molecule has 2 aromatic heterocycles. The summed E-state index contributed by atoms with van der Waals surface area (Å²) >= 11 is 1.81. The van der Waals surface area contributed by atoms with E-state index in [1.807, 2.05) is 55.5 Å². The molecule has 1 aliphatic carbocycles. The molecule has 1 atom stereocenters. The lowest BCUT2D eigenvalue weighted by molar-refractivity contribution is -0.0213. The number of benzene rings is 4. The Bertz CT molecular complexity index is 2330. The zero-order chi connectivity index (χ0) is 41.6. The molecule has 4 aromatic carbocycles. The topological polar surface area (TPSA) is 90.0 Å². The first kappa shape index (κ1) is 41.6. The van der Waals surface area contributed by atoms with Crippen molar-refractivity contribution in [3.63, 3.8) is 0 Å². The number of piperidine rings is 2. The summed E-state index contributed by atoms with van der Waals surface area (Å²) in [5, 5.41) is 30.7. The van der Waals surface area contributed by atoms with Gasteiger partial charge in [-0.05, 0) is 145 Å². The number of aromatic nitrogens is 3. The van der Waals surface area contributed by atoms with E-state index in [9.17, 15) is 10.2 Å². The average molecular weight is 821 g/mol. The number of aliphatic hydroxyl groups is 1. The van der Waals surface area contributed by atoms with Crippen LogP contribution in [0.1, 0.15) is 107 Å². The molecule has 0 bridgehead atoms. The van der Waals surface area contributed by atoms with Gasteiger partial charge < -0.3 is 20.0 Å². The number of hydrogen-bond acceptors (Lipinski definition) is 8. The number of aryl methyl sites for hydroxylation is 4. The highest BCUT2D eigenvalue weighted by Crippen LogP contribution is 2.39. The van der Waals surface area contributed by atoms with Gasteiger partial charge in [0, 0.05) is 41.3 Å². The van der Waals surface area contributed by atoms with Crippen LogP contribution in [-0.2, 0) is 12.8 Å². The molecule has 2 saturated heterocycles. The number of nitrogens with zero attached hydrogens (tertiary/aromatic N) is 6. The lowest BCUT2D eigenvalue weighted by Crippen LogP contribution is -2.52. The minimum atomic E-state index is -0.585. The van der Waals surface area contributed by atoms with Crippen LogP contribution in [0.15, 0.2) is 114 Å². The number of rotatable bonds is 5. The van der Waals surface area contributed by atoms with Crippen molar-refractivity contribution in [3.8, 4) is 10.8 Å². The Balaban J connectivity index is 0.000000241. The lowest BCUT2D eigenvalue weighted by atomic mass is 9.86. The summed E-state index contributed by atoms with van der Waals surface area (Å²) in [5.74, 6) is 2.77. The highest BCUT2D eigenvalue weighted by atomic mass is 32.1. The van der Waals surface area contributed by atoms with Gasteiger partial charge in [0.05, 0.1) is 11.3 Å². The first-order valence-corrected chi connectivity index (χ1v) is 22.7. The van der Waals surface area contributed by atoms with E-state index >= 15 is 0 Å². The van der Waals surface area contributed by atoms with E-state index < -0.39 is 5.60 Å². The van der Waals surface area contributed by atoms with Crippen LogP contribution in [0, 0.1) is 20.8 Å². The van der Waals surface area contributed by atoms with Crippen LogP contribution in [0.4, 0.5) is 5.69 Å². The quantitative estimate of drug-likeness (QED) is 0.180. The van der Waals surface area contributed by atoms with E-state index in [1.54, 1.807) is 17.4 Å². The van der Waals surface area contributed by atoms with Crippen LogP contribution in [0.25, 0.3) is 5.00 Å². The number of hydrogen-bond donors (Lipinski definition) is 2. The number of phenolic OH excluding ortho intramolecular Hbond substituents is 1. The van der Waals surface area contributed by atoms with Gasteiger partial charge in [0.1, 0.15) is 22.6 Å². The maximum atomic E-state index is 11.4. The molecule has 9 heteroatoms. The second kappa shape index (κ2) is 18.7. The van der Waals surface area contributed by atoms with Crippen LogP contribution >= 0.6 is 11.3 Å². The maximum Gasteiger partial charge on any atom is 0.162 e. The number of aromatic hydroxyl groups is 1. The van der Waals surface area contributed by atoms with Gasteiger partial charge in [-0.15, -0.1) is 21.5 Å². The zero-order valence-electron chi connectivity index (χ0n) is 35.7. The van der Waals surface area contributed by atoms with Gasteiger partial charge in [-0.25, -0.2) is 0 Å². The van der Waals surface area contributed by atoms with Gasteiger partial charge in [-0.1, -0.05) is 84.9 Å². The smallest absolute Gasteiger partial charge is 0.162 e. The Morgan fingerprint density at radius 2 is 1.38 bits per heavy atom. The normalized spacial score (nSPS) is 18.6. The van der Waals surface area contributed by atoms with Gasteiger partial charge in [0.15, 0.2) is 5.82 Å². The second-order valence-electron chi connectivity index (χ2n) is 17.1. The summed E-state index contributed by atoms with van der Waals surface area (Å²) < 4.78 is 2.20. The van der Waals surface area contributed by atoms with E-state index in [2.05, 4.69) is 99.9 Å². The molecule has 0 saturated carbocycles. The standard InChI is InChI=1S/C35H42N6OS.C10H12O.C6H6/c1-23-25(3)43-34-31(23)32(36-24(2)33-38-37-26(4)41(33)34)29-12-10-27(11-13-29)28-14-18-39(19-15-28)22-35(42)16-20-40(21-17-35)30-8-6-5-7-9-30;11-10-6-5-8-3-1-2-4-9(8)7-10;1-2-4-6-5-3-1/h5-13,24,28,42H,14-22H2,1-4H3;5-7,11H,1-4H2;1-6H/t24-;;/m0../s1. The summed E-state index contributed by atoms with van der Waals surface area (Å²) in [6, 6.07) is 37.4. The molecule has 0 unspecified atom stereocenters. The molecule has 8 nitrogen and oxygen atoms in total. The van der Waals surface area contributed by atoms with E-state index in [1.165, 1.54) is 62.6 Å². The molecule has 0 radical (unpaired) electrons. The second-order valence-corrected chi connectivity index (χ2v) is 18.3. The van der Waals surface area contributed by atoms with Crippen LogP contribution in [0.5, 0.6) is 5.75 Å². The molecular weight excluding hydrogens is 761 g/mol. The minimum absolute atomic E-state index is 0.0695. The fourth-order valence-electron chi connectivity index (χ4n) is 9.32. The Labute approximate surface area is 360 Å². The minimum Gasteiger partial charge on any atom is -0.508 e. The van der Waals surface area contributed by atoms with E-state index in [-0.39, 0.29) is 6.04 Å². The van der Waals surface area contributed by atoms with Gasteiger partial charge in [0.2, 0.25) is 0 Å². The number of likely N-dealkylation sites (tertiary alicyclic amines) is 1. The number of para-hydroxylation sites is 1. The predicted octanol–water partition coefficient (Wildman–Crippen LogP) is 10.3.